The van der Waals surface area contributed by atoms with Crippen LogP contribution in [-0.2, 0) is 19.1 Å². The first-order chi connectivity index (χ1) is 25.0. The first kappa shape index (κ1) is 57.8. The molecule has 2 aromatic carbocycles. The summed E-state index contributed by atoms with van der Waals surface area (Å²) in [5.41, 5.74) is 5.51. The van der Waals surface area contributed by atoms with Crippen LogP contribution < -0.4 is 21.1 Å². The van der Waals surface area contributed by atoms with Gasteiger partial charge in [-0.2, -0.15) is 0 Å². The minimum Gasteiger partial charge on any atom is -0.507 e. The number of carbonyl (C=O) groups excluding carboxylic acids is 2. The fraction of sp³-hybridized carbons (Fsp3) is 0.538. The highest BCUT2D eigenvalue weighted by atomic mass is 16.5. The molecule has 8 N–H and O–H groups in total. The molecular weight excluding hydrogens is 684 g/mol. The number of phenols is 1. The molecule has 0 saturated heterocycles. The lowest BCUT2D eigenvalue weighted by Crippen LogP contribution is -2.36. The second kappa shape index (κ2) is 41.9. The van der Waals surface area contributed by atoms with Crippen LogP contribution in [0, 0.1) is 5.92 Å². The zero-order valence-electron chi connectivity index (χ0n) is 34.2. The number of aromatic carboxylic acids is 1. The van der Waals surface area contributed by atoms with Crippen LogP contribution in [0.5, 0.6) is 11.5 Å². The van der Waals surface area contributed by atoms with Gasteiger partial charge < -0.3 is 50.7 Å². The van der Waals surface area contributed by atoms with Crippen molar-refractivity contribution in [2.24, 2.45) is 11.7 Å². The number of nitrogens with one attached hydrogen (secondary N) is 2. The maximum absolute atomic E-state index is 11.7. The second-order valence-corrected chi connectivity index (χ2v) is 10.1. The van der Waals surface area contributed by atoms with Crippen molar-refractivity contribution in [2.75, 3.05) is 52.9 Å². The van der Waals surface area contributed by atoms with Crippen molar-refractivity contribution in [2.45, 2.75) is 88.0 Å². The molecule has 1 aromatic heterocycles. The highest BCUT2D eigenvalue weighted by molar-refractivity contribution is 6.39. The number of hydrogen-bond acceptors (Lipinski definition) is 10. The summed E-state index contributed by atoms with van der Waals surface area (Å²) in [6.07, 6.45) is 6.96. The molecule has 0 aliphatic rings. The van der Waals surface area contributed by atoms with Gasteiger partial charge >= 0.3 is 17.8 Å². The summed E-state index contributed by atoms with van der Waals surface area (Å²) in [5, 5.41) is 23.5. The number of carboxylic acid groups (broad SMARTS) is 1. The van der Waals surface area contributed by atoms with E-state index in [-0.39, 0.29) is 16.8 Å². The molecule has 0 aliphatic heterocycles. The van der Waals surface area contributed by atoms with E-state index in [9.17, 15) is 19.5 Å². The Bertz CT molecular complexity index is 1230. The van der Waals surface area contributed by atoms with Gasteiger partial charge in [0.05, 0.1) is 23.9 Å². The van der Waals surface area contributed by atoms with Gasteiger partial charge in [0.2, 0.25) is 0 Å². The number of amides is 2. The number of carboxylic acids is 1. The number of carbonyl (C=O) groups is 3. The number of nitrogens with zero attached hydrogens (tertiary/aromatic N) is 1. The molecule has 0 bridgehead atoms. The topological polar surface area (TPSA) is 227 Å². The Hall–Kier alpha value is -4.50. The van der Waals surface area contributed by atoms with Gasteiger partial charge in [0.1, 0.15) is 11.5 Å². The first-order valence-electron chi connectivity index (χ1n) is 17.9. The zero-order valence-corrected chi connectivity index (χ0v) is 34.2. The zero-order chi connectivity index (χ0) is 40.7. The summed E-state index contributed by atoms with van der Waals surface area (Å²) >= 11 is 0. The van der Waals surface area contributed by atoms with E-state index in [4.69, 9.17) is 19.0 Å². The largest absolute Gasteiger partial charge is 0.507 e. The number of phenolic OH excluding ortho intramolecular Hbond substituents is 1. The average Bonchev–Trinajstić information content (AvgIpc) is 3.71. The summed E-state index contributed by atoms with van der Waals surface area (Å²) in [6.45, 7) is 20.9. The standard InChI is InChI=1S/C15H17N3O5.C12H16O3.C4H10.C3H8O.2C2H6.CH5N.H2O/c1-22-6-2-5-17-14(20)15(21)18-10-3-4-11(12(19)7-10)13-8-16-9-23-13;1-9(2)7-8-15-11-5-3-10(4-6-11)12(13)14;2*1-3-4-2;3*1-2;/h3-4,7-9,19H,2,5-6H2,1H3,(H,17,20)(H,18,21);3-6,9H,7-8H2,1-2H3,(H,13,14);3-4H2,1-2H3;3H2,1-2H3;2*1-2H3;2H2,1H3;1H2. The van der Waals surface area contributed by atoms with Crippen molar-refractivity contribution in [1.29, 1.82) is 0 Å². The molecule has 0 unspecified atom stereocenters. The fourth-order valence-electron chi connectivity index (χ4n) is 2.96. The van der Waals surface area contributed by atoms with Crippen molar-refractivity contribution in [3.63, 3.8) is 0 Å². The molecule has 0 saturated carbocycles. The molecule has 306 valence electrons. The van der Waals surface area contributed by atoms with Gasteiger partial charge in [-0.1, -0.05) is 68.2 Å². The number of aromatic nitrogens is 1. The molecule has 0 atom stereocenters. The van der Waals surface area contributed by atoms with Crippen LogP contribution in [0.3, 0.4) is 0 Å². The number of methoxy groups -OCH3 is 2. The van der Waals surface area contributed by atoms with Crippen molar-refractivity contribution in [3.8, 4) is 22.8 Å². The van der Waals surface area contributed by atoms with Crippen LogP contribution in [0.1, 0.15) is 98.4 Å². The number of anilines is 1. The third kappa shape index (κ3) is 31.9. The van der Waals surface area contributed by atoms with Crippen LogP contribution in [0.4, 0.5) is 5.69 Å². The molecule has 0 aliphatic carbocycles. The maximum atomic E-state index is 11.7. The SMILES string of the molecule is CC.CC.CC(C)CCOc1ccc(C(=O)O)cc1.CCCC.CCOC.CN.COCCCNC(=O)C(=O)Nc1ccc(-c2cnco2)c(O)c1.O. The lowest BCUT2D eigenvalue weighted by Gasteiger charge is -2.08. The van der Waals surface area contributed by atoms with Gasteiger partial charge in [-0.25, -0.2) is 9.78 Å². The van der Waals surface area contributed by atoms with Crippen molar-refractivity contribution < 1.29 is 48.7 Å². The third-order valence-corrected chi connectivity index (χ3v) is 5.82. The Balaban J connectivity index is -0.000000220. The Kier molecular flexibility index (Phi) is 45.7. The van der Waals surface area contributed by atoms with Crippen molar-refractivity contribution in [3.05, 3.63) is 60.6 Å². The summed E-state index contributed by atoms with van der Waals surface area (Å²) in [4.78, 5) is 37.7. The van der Waals surface area contributed by atoms with Crippen LogP contribution >= 0.6 is 0 Å². The highest BCUT2D eigenvalue weighted by Gasteiger charge is 2.15. The minimum atomic E-state index is -0.913. The van der Waals surface area contributed by atoms with Gasteiger partial charge in [-0.15, -0.1) is 0 Å². The van der Waals surface area contributed by atoms with E-state index >= 15 is 0 Å². The summed E-state index contributed by atoms with van der Waals surface area (Å²) in [6, 6.07) is 10.9. The Labute approximate surface area is 318 Å². The quantitative estimate of drug-likeness (QED) is 0.0865. The highest BCUT2D eigenvalue weighted by Crippen LogP contribution is 2.31. The summed E-state index contributed by atoms with van der Waals surface area (Å²) in [5.74, 6) is -0.835. The lowest BCUT2D eigenvalue weighted by atomic mass is 10.1. The Morgan fingerprint density at radius 3 is 1.87 bits per heavy atom. The normalized spacial score (nSPS) is 8.87. The van der Waals surface area contributed by atoms with E-state index in [1.54, 1.807) is 50.6 Å². The van der Waals surface area contributed by atoms with Gasteiger partial charge in [0.15, 0.2) is 12.2 Å². The molecule has 14 nitrogen and oxygen atoms in total. The summed E-state index contributed by atoms with van der Waals surface area (Å²) < 4.78 is 19.9. The lowest BCUT2D eigenvalue weighted by molar-refractivity contribution is -0.136. The van der Waals surface area contributed by atoms with Crippen LogP contribution in [0.2, 0.25) is 0 Å². The van der Waals surface area contributed by atoms with Gasteiger partial charge in [-0.05, 0) is 69.1 Å². The Morgan fingerprint density at radius 2 is 1.45 bits per heavy atom. The molecule has 0 spiro atoms. The Morgan fingerprint density at radius 1 is 0.887 bits per heavy atom. The molecular formula is C39H70N4O10. The van der Waals surface area contributed by atoms with Crippen molar-refractivity contribution >= 4 is 23.5 Å². The fourth-order valence-corrected chi connectivity index (χ4v) is 2.96. The van der Waals surface area contributed by atoms with Crippen LogP contribution in [-0.4, -0.2) is 86.1 Å². The predicted octanol–water partition coefficient (Wildman–Crippen LogP) is 7.21. The number of rotatable bonds is 13. The molecule has 3 rings (SSSR count). The first-order valence-corrected chi connectivity index (χ1v) is 17.9. The number of aromatic hydroxyl groups is 1. The third-order valence-electron chi connectivity index (χ3n) is 5.82. The average molecular weight is 755 g/mol. The van der Waals surface area contributed by atoms with Gasteiger partial charge in [-0.3, -0.25) is 9.59 Å². The molecule has 2 amide bonds. The van der Waals surface area contributed by atoms with E-state index in [0.717, 1.165) is 18.8 Å². The van der Waals surface area contributed by atoms with Gasteiger partial charge in [0, 0.05) is 45.7 Å². The minimum absolute atomic E-state index is 0. The van der Waals surface area contributed by atoms with E-state index in [1.165, 1.54) is 38.5 Å². The molecule has 0 radical (unpaired) electrons. The smallest absolute Gasteiger partial charge is 0.335 e. The number of oxazole rings is 1. The van der Waals surface area contributed by atoms with E-state index < -0.39 is 17.8 Å². The molecule has 1 heterocycles. The van der Waals surface area contributed by atoms with Crippen LogP contribution in [0.25, 0.3) is 11.3 Å². The number of benzene rings is 2. The second-order valence-electron chi connectivity index (χ2n) is 10.1. The number of ether oxygens (including phenoxy) is 3. The predicted molar refractivity (Wildman–Crippen MR) is 215 cm³/mol. The van der Waals surface area contributed by atoms with E-state index in [0.29, 0.717) is 49.1 Å². The summed E-state index contributed by atoms with van der Waals surface area (Å²) in [7, 11) is 4.74. The van der Waals surface area contributed by atoms with E-state index in [1.807, 2.05) is 34.6 Å². The number of nitrogens with two attached hydrogens (primary N) is 1. The molecule has 14 heteroatoms. The molecule has 53 heavy (non-hydrogen) atoms. The monoisotopic (exact) mass is 755 g/mol. The van der Waals surface area contributed by atoms with Gasteiger partial charge in [0.25, 0.3) is 0 Å². The van der Waals surface area contributed by atoms with E-state index in [2.05, 4.69) is 53.8 Å². The maximum Gasteiger partial charge on any atom is 0.335 e. The molecule has 0 fully saturated rings. The number of unbranched alkanes of at least 4 members (excludes halogenated alkanes) is 1. The molecule has 3 aromatic rings. The van der Waals surface area contributed by atoms with Crippen LogP contribution in [0.15, 0.2) is 59.5 Å². The number of hydrogen-bond donors (Lipinski definition) is 5. The van der Waals surface area contributed by atoms with Crippen molar-refractivity contribution in [1.82, 2.24) is 10.3 Å².